The van der Waals surface area contributed by atoms with E-state index in [1.807, 2.05) is 13.8 Å². The highest BCUT2D eigenvalue weighted by atomic mass is 16.5. The van der Waals surface area contributed by atoms with E-state index < -0.39 is 12.1 Å². The van der Waals surface area contributed by atoms with Crippen LogP contribution in [0.1, 0.15) is 13.8 Å². The van der Waals surface area contributed by atoms with Gasteiger partial charge in [-0.25, -0.2) is 9.59 Å². The van der Waals surface area contributed by atoms with Gasteiger partial charge in [0.1, 0.15) is 0 Å². The lowest BCUT2D eigenvalue weighted by atomic mass is 10.2. The number of methoxy groups -OCH3 is 1. The molecule has 0 aromatic heterocycles. The predicted octanol–water partition coefficient (Wildman–Crippen LogP) is -0.0952. The molecule has 104 valence electrons. The quantitative estimate of drug-likeness (QED) is 0.737. The third kappa shape index (κ3) is 3.85. The Morgan fingerprint density at radius 1 is 1.56 bits per heavy atom. The van der Waals surface area contributed by atoms with Crippen molar-refractivity contribution < 1.29 is 24.2 Å². The number of nitrogens with zero attached hydrogens (tertiary/aromatic N) is 1. The molecule has 1 saturated heterocycles. The molecule has 3 atom stereocenters. The molecular formula is C11H20N2O5. The van der Waals surface area contributed by atoms with Crippen molar-refractivity contribution in [2.45, 2.75) is 32.1 Å². The van der Waals surface area contributed by atoms with Crippen LogP contribution >= 0.6 is 0 Å². The molecule has 0 aromatic rings. The molecule has 7 heteroatoms. The normalized spacial score (nSPS) is 25.6. The summed E-state index contributed by atoms with van der Waals surface area (Å²) in [5.74, 6) is -1.10. The summed E-state index contributed by atoms with van der Waals surface area (Å²) >= 11 is 0. The van der Waals surface area contributed by atoms with Crippen LogP contribution in [0, 0.1) is 0 Å². The third-order valence-corrected chi connectivity index (χ3v) is 2.87. The van der Waals surface area contributed by atoms with Crippen molar-refractivity contribution in [2.24, 2.45) is 0 Å². The van der Waals surface area contributed by atoms with Crippen LogP contribution in [-0.2, 0) is 14.3 Å². The minimum atomic E-state index is -1.10. The van der Waals surface area contributed by atoms with E-state index >= 15 is 0 Å². The molecule has 0 spiro atoms. The lowest BCUT2D eigenvalue weighted by Crippen LogP contribution is -2.54. The molecule has 2 N–H and O–H groups in total. The second kappa shape index (κ2) is 6.55. The first-order valence-corrected chi connectivity index (χ1v) is 5.87. The number of carbonyl (C=O) groups excluding carboxylic acids is 1. The Hall–Kier alpha value is -1.34. The maximum Gasteiger partial charge on any atom is 0.334 e. The van der Waals surface area contributed by atoms with Crippen molar-refractivity contribution >= 4 is 12.0 Å². The predicted molar refractivity (Wildman–Crippen MR) is 63.4 cm³/mol. The molecular weight excluding hydrogens is 240 g/mol. The molecule has 1 fully saturated rings. The molecule has 0 aromatic carbocycles. The average molecular weight is 260 g/mol. The number of morpholine rings is 1. The van der Waals surface area contributed by atoms with Crippen molar-refractivity contribution in [3.63, 3.8) is 0 Å². The molecule has 0 bridgehead atoms. The maximum atomic E-state index is 11.9. The summed E-state index contributed by atoms with van der Waals surface area (Å²) in [7, 11) is 1.30. The standard InChI is InChI=1S/C11H20N2O5/c1-7-6-18-8(2)5-13(7)11(16)12-4-9(17-3)10(14)15/h7-9H,4-6H2,1-3H3,(H,12,16)(H,14,15). The van der Waals surface area contributed by atoms with Gasteiger partial charge in [-0.15, -0.1) is 0 Å². The molecule has 7 nitrogen and oxygen atoms in total. The Labute approximate surface area is 106 Å². The highest BCUT2D eigenvalue weighted by Crippen LogP contribution is 2.11. The van der Waals surface area contributed by atoms with Gasteiger partial charge < -0.3 is 24.8 Å². The molecule has 0 radical (unpaired) electrons. The van der Waals surface area contributed by atoms with Gasteiger partial charge in [-0.1, -0.05) is 0 Å². The van der Waals surface area contributed by atoms with Crippen molar-refractivity contribution in [1.82, 2.24) is 10.2 Å². The first-order chi connectivity index (χ1) is 8.45. The number of amides is 2. The van der Waals surface area contributed by atoms with Crippen molar-refractivity contribution in [2.75, 3.05) is 26.8 Å². The average Bonchev–Trinajstić information content (AvgIpc) is 2.32. The number of hydrogen-bond acceptors (Lipinski definition) is 4. The smallest absolute Gasteiger partial charge is 0.334 e. The van der Waals surface area contributed by atoms with Crippen molar-refractivity contribution in [3.8, 4) is 0 Å². The molecule has 1 rings (SSSR count). The number of hydrogen-bond donors (Lipinski definition) is 2. The van der Waals surface area contributed by atoms with E-state index in [1.165, 1.54) is 7.11 Å². The topological polar surface area (TPSA) is 88.1 Å². The largest absolute Gasteiger partial charge is 0.479 e. The number of aliphatic carboxylic acids is 1. The Bertz CT molecular complexity index is 310. The lowest BCUT2D eigenvalue weighted by molar-refractivity contribution is -0.148. The number of carbonyl (C=O) groups is 2. The van der Waals surface area contributed by atoms with E-state index in [-0.39, 0.29) is 24.7 Å². The van der Waals surface area contributed by atoms with Gasteiger partial charge >= 0.3 is 12.0 Å². The van der Waals surface area contributed by atoms with Crippen molar-refractivity contribution in [1.29, 1.82) is 0 Å². The fraction of sp³-hybridized carbons (Fsp3) is 0.818. The van der Waals surface area contributed by atoms with E-state index in [1.54, 1.807) is 4.90 Å². The minimum absolute atomic E-state index is 0.00959. The number of carboxylic acid groups (broad SMARTS) is 1. The number of urea groups is 1. The zero-order chi connectivity index (χ0) is 13.7. The van der Waals surface area contributed by atoms with E-state index in [4.69, 9.17) is 14.6 Å². The second-order valence-corrected chi connectivity index (χ2v) is 4.39. The van der Waals surface area contributed by atoms with Crippen LogP contribution in [0.2, 0.25) is 0 Å². The molecule has 2 amide bonds. The van der Waals surface area contributed by atoms with Crippen LogP contribution in [0.3, 0.4) is 0 Å². The highest BCUT2D eigenvalue weighted by molar-refractivity contribution is 5.77. The summed E-state index contributed by atoms with van der Waals surface area (Å²) in [5, 5.41) is 11.3. The summed E-state index contributed by atoms with van der Waals surface area (Å²) < 4.78 is 10.2. The van der Waals surface area contributed by atoms with E-state index in [0.29, 0.717) is 13.2 Å². The van der Waals surface area contributed by atoms with Gasteiger partial charge in [-0.05, 0) is 13.8 Å². The summed E-state index contributed by atoms with van der Waals surface area (Å²) in [6.07, 6.45) is -1.03. The van der Waals surface area contributed by atoms with E-state index in [0.717, 1.165) is 0 Å². The van der Waals surface area contributed by atoms with Gasteiger partial charge in [0.2, 0.25) is 0 Å². The summed E-state index contributed by atoms with van der Waals surface area (Å²) in [5.41, 5.74) is 0. The molecule has 1 heterocycles. The molecule has 0 aliphatic carbocycles. The minimum Gasteiger partial charge on any atom is -0.479 e. The summed E-state index contributed by atoms with van der Waals surface area (Å²) in [6.45, 7) is 4.71. The Kier molecular flexibility index (Phi) is 5.36. The number of carboxylic acids is 1. The van der Waals surface area contributed by atoms with Gasteiger partial charge in [0.15, 0.2) is 6.10 Å². The van der Waals surface area contributed by atoms with E-state index in [9.17, 15) is 9.59 Å². The zero-order valence-electron chi connectivity index (χ0n) is 10.9. The van der Waals surface area contributed by atoms with Crippen LogP contribution in [0.4, 0.5) is 4.79 Å². The molecule has 3 unspecified atom stereocenters. The molecule has 1 aliphatic heterocycles. The van der Waals surface area contributed by atoms with Gasteiger partial charge in [-0.3, -0.25) is 0 Å². The number of ether oxygens (including phenoxy) is 2. The number of nitrogens with one attached hydrogen (secondary N) is 1. The molecule has 1 aliphatic rings. The Balaban J connectivity index is 2.46. The van der Waals surface area contributed by atoms with Crippen LogP contribution in [0.25, 0.3) is 0 Å². The van der Waals surface area contributed by atoms with Crippen LogP contribution in [0.5, 0.6) is 0 Å². The SMILES string of the molecule is COC(CNC(=O)N1CC(C)OCC1C)C(=O)O. The first-order valence-electron chi connectivity index (χ1n) is 5.87. The van der Waals surface area contributed by atoms with Gasteiger partial charge in [0, 0.05) is 13.7 Å². The molecule has 18 heavy (non-hydrogen) atoms. The van der Waals surface area contributed by atoms with Crippen molar-refractivity contribution in [3.05, 3.63) is 0 Å². The van der Waals surface area contributed by atoms with Crippen LogP contribution in [-0.4, -0.2) is 67.1 Å². The third-order valence-electron chi connectivity index (χ3n) is 2.87. The molecule has 0 saturated carbocycles. The van der Waals surface area contributed by atoms with Gasteiger partial charge in [-0.2, -0.15) is 0 Å². The zero-order valence-corrected chi connectivity index (χ0v) is 10.9. The van der Waals surface area contributed by atoms with Crippen LogP contribution < -0.4 is 5.32 Å². The van der Waals surface area contributed by atoms with E-state index in [2.05, 4.69) is 5.32 Å². The Morgan fingerprint density at radius 2 is 2.22 bits per heavy atom. The fourth-order valence-corrected chi connectivity index (χ4v) is 1.74. The van der Waals surface area contributed by atoms with Crippen LogP contribution in [0.15, 0.2) is 0 Å². The lowest BCUT2D eigenvalue weighted by Gasteiger charge is -2.36. The highest BCUT2D eigenvalue weighted by Gasteiger charge is 2.28. The number of rotatable bonds is 4. The first kappa shape index (κ1) is 14.7. The van der Waals surface area contributed by atoms with Gasteiger partial charge in [0.25, 0.3) is 0 Å². The summed E-state index contributed by atoms with van der Waals surface area (Å²) in [4.78, 5) is 24.3. The monoisotopic (exact) mass is 260 g/mol. The maximum absolute atomic E-state index is 11.9. The second-order valence-electron chi connectivity index (χ2n) is 4.39. The van der Waals surface area contributed by atoms with Gasteiger partial charge in [0.05, 0.1) is 25.3 Å². The Morgan fingerprint density at radius 3 is 2.78 bits per heavy atom. The summed E-state index contributed by atoms with van der Waals surface area (Å²) in [6, 6.07) is -0.312. The fourth-order valence-electron chi connectivity index (χ4n) is 1.74.